The molecule has 0 fully saturated rings. The number of nitrogens with zero attached hydrogens (tertiary/aromatic N) is 4. The quantitative estimate of drug-likeness (QED) is 0.270. The van der Waals surface area contributed by atoms with Crippen molar-refractivity contribution >= 4 is 46.6 Å². The van der Waals surface area contributed by atoms with Gasteiger partial charge in [-0.25, -0.2) is 14.8 Å². The molecule has 1 atom stereocenters. The average molecular weight is 483 g/mol. The van der Waals surface area contributed by atoms with Crippen LogP contribution in [-0.2, 0) is 20.9 Å². The fourth-order valence-corrected chi connectivity index (χ4v) is 3.15. The number of aliphatic carboxylic acids is 2. The Hall–Kier alpha value is -4.88. The summed E-state index contributed by atoms with van der Waals surface area (Å²) >= 11 is 0. The monoisotopic (exact) mass is 483 g/mol. The zero-order valence-electron chi connectivity index (χ0n) is 18.4. The predicted octanol–water partition coefficient (Wildman–Crippen LogP) is -0.104. The van der Waals surface area contributed by atoms with Crippen molar-refractivity contribution in [2.75, 3.05) is 10.6 Å². The zero-order valence-corrected chi connectivity index (χ0v) is 18.4. The topological polar surface area (TPSA) is 222 Å². The van der Waals surface area contributed by atoms with Gasteiger partial charge in [-0.2, -0.15) is 4.98 Å². The Morgan fingerprint density at radius 1 is 1.14 bits per heavy atom. The standard InChI is InChI=1S/C21H21N7O7/c1-10(29)28(9-12-8-23-17-16(24-12)19(33)27-21(22)26-17)13-4-2-11(3-5-13)18(32)25-14(20(34)35)6-7-15(30)31/h2-5,8,14H,6-7,9H2,1H3,(H,25,32)(H,30,31)(H,34,35)(H3,22,23,26,27,33)/t14-/m0/s1. The molecule has 3 rings (SSSR count). The number of aromatic nitrogens is 4. The molecular formula is C21H21N7O7. The van der Waals surface area contributed by atoms with Crippen molar-refractivity contribution < 1.29 is 29.4 Å². The van der Waals surface area contributed by atoms with E-state index in [9.17, 15) is 29.1 Å². The van der Waals surface area contributed by atoms with E-state index < -0.39 is 35.9 Å². The molecule has 0 radical (unpaired) electrons. The maximum Gasteiger partial charge on any atom is 0.326 e. The third-order valence-electron chi connectivity index (χ3n) is 4.88. The molecule has 0 unspecified atom stereocenters. The van der Waals surface area contributed by atoms with Gasteiger partial charge >= 0.3 is 11.9 Å². The van der Waals surface area contributed by atoms with Crippen molar-refractivity contribution in [3.63, 3.8) is 0 Å². The van der Waals surface area contributed by atoms with E-state index in [1.165, 1.54) is 42.3 Å². The summed E-state index contributed by atoms with van der Waals surface area (Å²) in [5, 5.41) is 20.2. The summed E-state index contributed by atoms with van der Waals surface area (Å²) in [5.41, 5.74) is 5.75. The molecule has 0 aliphatic carbocycles. The van der Waals surface area contributed by atoms with Crippen molar-refractivity contribution in [2.45, 2.75) is 32.4 Å². The van der Waals surface area contributed by atoms with Crippen LogP contribution in [0.2, 0.25) is 0 Å². The van der Waals surface area contributed by atoms with Crippen LogP contribution in [0.25, 0.3) is 11.2 Å². The van der Waals surface area contributed by atoms with Gasteiger partial charge in [0.1, 0.15) is 6.04 Å². The van der Waals surface area contributed by atoms with Crippen molar-refractivity contribution in [3.8, 4) is 0 Å². The number of aromatic amines is 1. The number of carbonyl (C=O) groups is 4. The lowest BCUT2D eigenvalue weighted by Gasteiger charge is -2.21. The summed E-state index contributed by atoms with van der Waals surface area (Å²) in [5.74, 6) is -3.70. The minimum atomic E-state index is -1.37. The molecule has 0 aliphatic rings. The van der Waals surface area contributed by atoms with E-state index in [0.717, 1.165) is 0 Å². The highest BCUT2D eigenvalue weighted by Gasteiger charge is 2.22. The van der Waals surface area contributed by atoms with Crippen molar-refractivity contribution in [1.29, 1.82) is 0 Å². The number of nitrogens with one attached hydrogen (secondary N) is 2. The fraction of sp³-hybridized carbons (Fsp3) is 0.238. The summed E-state index contributed by atoms with van der Waals surface area (Å²) in [6.45, 7) is 1.29. The number of nitrogens with two attached hydrogens (primary N) is 1. The number of carbonyl (C=O) groups excluding carboxylic acids is 2. The molecule has 2 heterocycles. The molecule has 3 aromatic rings. The highest BCUT2D eigenvalue weighted by Crippen LogP contribution is 2.19. The average Bonchev–Trinajstić information content (AvgIpc) is 2.79. The third-order valence-corrected chi connectivity index (χ3v) is 4.88. The van der Waals surface area contributed by atoms with E-state index in [1.54, 1.807) is 0 Å². The summed E-state index contributed by atoms with van der Waals surface area (Å²) in [4.78, 5) is 74.6. The van der Waals surface area contributed by atoms with Crippen LogP contribution in [0, 0.1) is 0 Å². The second-order valence-corrected chi connectivity index (χ2v) is 7.43. The molecule has 14 nitrogen and oxygen atoms in total. The predicted molar refractivity (Wildman–Crippen MR) is 121 cm³/mol. The maximum absolute atomic E-state index is 12.4. The Morgan fingerprint density at radius 2 is 1.83 bits per heavy atom. The highest BCUT2D eigenvalue weighted by molar-refractivity contribution is 5.98. The number of fused-ring (bicyclic) bond motifs is 1. The van der Waals surface area contributed by atoms with Crippen molar-refractivity contribution in [3.05, 3.63) is 52.1 Å². The molecule has 1 aromatic carbocycles. The van der Waals surface area contributed by atoms with E-state index in [2.05, 4.69) is 25.3 Å². The van der Waals surface area contributed by atoms with Gasteiger partial charge < -0.3 is 26.2 Å². The summed E-state index contributed by atoms with van der Waals surface area (Å²) < 4.78 is 0. The Morgan fingerprint density at radius 3 is 2.43 bits per heavy atom. The number of hydrogen-bond acceptors (Lipinski definition) is 9. The summed E-state index contributed by atoms with van der Waals surface area (Å²) in [7, 11) is 0. The second kappa shape index (κ2) is 10.4. The van der Waals surface area contributed by atoms with Crippen LogP contribution in [0.15, 0.2) is 35.3 Å². The minimum Gasteiger partial charge on any atom is -0.481 e. The number of H-pyrrole nitrogens is 1. The fourth-order valence-electron chi connectivity index (χ4n) is 3.15. The number of benzene rings is 1. The Kier molecular flexibility index (Phi) is 7.34. The molecule has 182 valence electrons. The van der Waals surface area contributed by atoms with Crippen LogP contribution in [0.1, 0.15) is 35.8 Å². The number of anilines is 2. The Bertz CT molecular complexity index is 1350. The molecule has 2 aromatic heterocycles. The normalized spacial score (nSPS) is 11.6. The number of hydrogen-bond donors (Lipinski definition) is 5. The van der Waals surface area contributed by atoms with E-state index in [4.69, 9.17) is 10.8 Å². The van der Waals surface area contributed by atoms with Crippen LogP contribution in [0.3, 0.4) is 0 Å². The maximum atomic E-state index is 12.4. The zero-order chi connectivity index (χ0) is 25.7. The Balaban J connectivity index is 1.78. The van der Waals surface area contributed by atoms with E-state index in [1.807, 2.05) is 0 Å². The minimum absolute atomic E-state index is 0.0378. The van der Waals surface area contributed by atoms with E-state index >= 15 is 0 Å². The van der Waals surface area contributed by atoms with Gasteiger partial charge in [-0.3, -0.25) is 24.2 Å². The van der Waals surface area contributed by atoms with Gasteiger partial charge in [0, 0.05) is 24.6 Å². The second-order valence-electron chi connectivity index (χ2n) is 7.43. The first-order valence-electron chi connectivity index (χ1n) is 10.2. The Labute approximate surface area is 196 Å². The first kappa shape index (κ1) is 24.8. The van der Waals surface area contributed by atoms with E-state index in [0.29, 0.717) is 11.4 Å². The molecule has 35 heavy (non-hydrogen) atoms. The van der Waals surface area contributed by atoms with E-state index in [-0.39, 0.29) is 41.5 Å². The summed E-state index contributed by atoms with van der Waals surface area (Å²) in [6.07, 6.45) is 0.663. The molecule has 2 amide bonds. The molecule has 0 spiro atoms. The van der Waals surface area contributed by atoms with Crippen molar-refractivity contribution in [1.82, 2.24) is 25.3 Å². The van der Waals surface area contributed by atoms with Crippen molar-refractivity contribution in [2.24, 2.45) is 0 Å². The lowest BCUT2D eigenvalue weighted by molar-refractivity contribution is -0.140. The van der Waals surface area contributed by atoms with Gasteiger partial charge in [0.15, 0.2) is 11.2 Å². The number of amides is 2. The number of carboxylic acids is 2. The van der Waals surface area contributed by atoms with Gasteiger partial charge in [0.25, 0.3) is 11.5 Å². The molecule has 0 saturated heterocycles. The molecular weight excluding hydrogens is 462 g/mol. The van der Waals surface area contributed by atoms with Crippen LogP contribution in [0.5, 0.6) is 0 Å². The number of nitrogen functional groups attached to an aromatic ring is 1. The van der Waals surface area contributed by atoms with Gasteiger partial charge in [-0.1, -0.05) is 0 Å². The molecule has 0 aliphatic heterocycles. The largest absolute Gasteiger partial charge is 0.481 e. The van der Waals surface area contributed by atoms with Crippen LogP contribution in [-0.4, -0.2) is 59.9 Å². The lowest BCUT2D eigenvalue weighted by Crippen LogP contribution is -2.41. The van der Waals surface area contributed by atoms with Gasteiger partial charge in [-0.15, -0.1) is 0 Å². The van der Waals surface area contributed by atoms with Crippen LogP contribution < -0.4 is 21.5 Å². The molecule has 6 N–H and O–H groups in total. The lowest BCUT2D eigenvalue weighted by atomic mass is 10.1. The van der Waals surface area contributed by atoms with Gasteiger partial charge in [-0.05, 0) is 30.7 Å². The SMILES string of the molecule is CC(=O)N(Cc1cnc2nc(N)[nH]c(=O)c2n1)c1ccc(C(=O)N[C@@H](CCC(=O)O)C(=O)O)cc1. The summed E-state index contributed by atoms with van der Waals surface area (Å²) in [6, 6.07) is 4.37. The first-order chi connectivity index (χ1) is 16.5. The molecule has 14 heteroatoms. The van der Waals surface area contributed by atoms with Crippen LogP contribution >= 0.6 is 0 Å². The van der Waals surface area contributed by atoms with Crippen LogP contribution in [0.4, 0.5) is 11.6 Å². The third kappa shape index (κ3) is 6.13. The van der Waals surface area contributed by atoms with Gasteiger partial charge in [0.2, 0.25) is 11.9 Å². The number of rotatable bonds is 9. The molecule has 0 bridgehead atoms. The molecule has 0 saturated carbocycles. The highest BCUT2D eigenvalue weighted by atomic mass is 16.4. The number of carboxylic acid groups (broad SMARTS) is 2. The first-order valence-corrected chi connectivity index (χ1v) is 10.2. The smallest absolute Gasteiger partial charge is 0.326 e. The van der Waals surface area contributed by atoms with Gasteiger partial charge in [0.05, 0.1) is 18.4 Å².